The van der Waals surface area contributed by atoms with E-state index in [1.807, 2.05) is 42.2 Å². The van der Waals surface area contributed by atoms with Crippen LogP contribution in [-0.4, -0.2) is 29.9 Å². The van der Waals surface area contributed by atoms with Crippen LogP contribution in [0.25, 0.3) is 0 Å². The largest absolute Gasteiger partial charge is 0.332 e. The number of nitrogens with two attached hydrogens (primary N) is 1. The zero-order chi connectivity index (χ0) is 13.7. The van der Waals surface area contributed by atoms with Crippen molar-refractivity contribution in [2.24, 2.45) is 11.7 Å². The Morgan fingerprint density at radius 1 is 1.42 bits per heavy atom. The molecule has 19 heavy (non-hydrogen) atoms. The summed E-state index contributed by atoms with van der Waals surface area (Å²) >= 11 is 0. The van der Waals surface area contributed by atoms with Gasteiger partial charge in [0, 0.05) is 30.6 Å². The summed E-state index contributed by atoms with van der Waals surface area (Å²) in [7, 11) is 0. The molecule has 100 valence electrons. The maximum atomic E-state index is 12.1. The molecule has 0 spiro atoms. The fraction of sp³-hybridized carbons (Fsp3) is 0.438. The summed E-state index contributed by atoms with van der Waals surface area (Å²) in [5.41, 5.74) is 6.79. The topological polar surface area (TPSA) is 46.3 Å². The van der Waals surface area contributed by atoms with E-state index in [1.165, 1.54) is 0 Å². The molecule has 1 heterocycles. The van der Waals surface area contributed by atoms with Gasteiger partial charge in [0.05, 0.1) is 0 Å². The zero-order valence-electron chi connectivity index (χ0n) is 11.3. The van der Waals surface area contributed by atoms with E-state index in [2.05, 4.69) is 11.8 Å². The standard InChI is InChI=1S/C16H20N2O/c1-13(17)15-8-5-11-18(12-15)16(19)10-9-14-6-3-2-4-7-14/h2-4,6-7,13,15H,5,8,11-12,17H2,1H3. The summed E-state index contributed by atoms with van der Waals surface area (Å²) < 4.78 is 0. The number of piperidine rings is 1. The van der Waals surface area contributed by atoms with Crippen LogP contribution < -0.4 is 5.73 Å². The van der Waals surface area contributed by atoms with Gasteiger partial charge in [-0.25, -0.2) is 0 Å². The second-order valence-electron chi connectivity index (χ2n) is 5.13. The van der Waals surface area contributed by atoms with Crippen LogP contribution in [0.5, 0.6) is 0 Å². The summed E-state index contributed by atoms with van der Waals surface area (Å²) in [4.78, 5) is 13.9. The molecule has 1 fully saturated rings. The van der Waals surface area contributed by atoms with Crippen LogP contribution in [-0.2, 0) is 4.79 Å². The van der Waals surface area contributed by atoms with Gasteiger partial charge in [-0.05, 0) is 37.8 Å². The molecule has 2 unspecified atom stereocenters. The second-order valence-corrected chi connectivity index (χ2v) is 5.13. The van der Waals surface area contributed by atoms with Gasteiger partial charge in [-0.3, -0.25) is 4.79 Å². The molecule has 0 radical (unpaired) electrons. The Hall–Kier alpha value is -1.79. The van der Waals surface area contributed by atoms with Crippen molar-refractivity contribution in [2.45, 2.75) is 25.8 Å². The third-order valence-electron chi connectivity index (χ3n) is 3.58. The molecule has 0 bridgehead atoms. The quantitative estimate of drug-likeness (QED) is 0.776. The first-order valence-corrected chi connectivity index (χ1v) is 6.78. The predicted molar refractivity (Wildman–Crippen MR) is 76.3 cm³/mol. The van der Waals surface area contributed by atoms with Gasteiger partial charge in [-0.15, -0.1) is 0 Å². The van der Waals surface area contributed by atoms with E-state index in [0.29, 0.717) is 5.92 Å². The average Bonchev–Trinajstić information content (AvgIpc) is 2.46. The van der Waals surface area contributed by atoms with Crippen molar-refractivity contribution < 1.29 is 4.79 Å². The minimum Gasteiger partial charge on any atom is -0.332 e. The summed E-state index contributed by atoms with van der Waals surface area (Å²) in [6.07, 6.45) is 2.12. The van der Waals surface area contributed by atoms with Crippen molar-refractivity contribution in [1.29, 1.82) is 0 Å². The Bertz CT molecular complexity index is 484. The minimum atomic E-state index is -0.0887. The molecule has 1 aliphatic rings. The van der Waals surface area contributed by atoms with Gasteiger partial charge >= 0.3 is 0 Å². The van der Waals surface area contributed by atoms with Gasteiger partial charge in [0.2, 0.25) is 0 Å². The van der Waals surface area contributed by atoms with E-state index in [1.54, 1.807) is 0 Å². The van der Waals surface area contributed by atoms with Crippen molar-refractivity contribution >= 4 is 5.91 Å². The Balaban J connectivity index is 1.99. The number of hydrogen-bond donors (Lipinski definition) is 1. The predicted octanol–water partition coefficient (Wildman–Crippen LogP) is 1.62. The first-order valence-electron chi connectivity index (χ1n) is 6.78. The maximum Gasteiger partial charge on any atom is 0.298 e. The third kappa shape index (κ3) is 3.84. The lowest BCUT2D eigenvalue weighted by Crippen LogP contribution is -2.44. The van der Waals surface area contributed by atoms with E-state index in [9.17, 15) is 4.79 Å². The minimum absolute atomic E-state index is 0.0887. The van der Waals surface area contributed by atoms with Gasteiger partial charge in [0.1, 0.15) is 0 Å². The van der Waals surface area contributed by atoms with E-state index in [-0.39, 0.29) is 11.9 Å². The number of hydrogen-bond acceptors (Lipinski definition) is 2. The summed E-state index contributed by atoms with van der Waals surface area (Å²) in [5, 5.41) is 0. The summed E-state index contributed by atoms with van der Waals surface area (Å²) in [5.74, 6) is 5.95. The number of benzene rings is 1. The first-order chi connectivity index (χ1) is 9.16. The first kappa shape index (κ1) is 13.6. The number of nitrogens with zero attached hydrogens (tertiary/aromatic N) is 1. The van der Waals surface area contributed by atoms with Gasteiger partial charge < -0.3 is 10.6 Å². The SMILES string of the molecule is CC(N)C1CCCN(C(=O)C#Cc2ccccc2)C1. The molecule has 0 aromatic heterocycles. The van der Waals surface area contributed by atoms with Crippen LogP contribution >= 0.6 is 0 Å². The summed E-state index contributed by atoms with van der Waals surface area (Å²) in [6.45, 7) is 3.54. The molecule has 1 saturated heterocycles. The van der Waals surface area contributed by atoms with Crippen molar-refractivity contribution in [1.82, 2.24) is 4.90 Å². The van der Waals surface area contributed by atoms with Crippen LogP contribution in [0.1, 0.15) is 25.3 Å². The lowest BCUT2D eigenvalue weighted by Gasteiger charge is -2.33. The van der Waals surface area contributed by atoms with Gasteiger partial charge in [0.15, 0.2) is 0 Å². The molecule has 2 N–H and O–H groups in total. The highest BCUT2D eigenvalue weighted by Gasteiger charge is 2.24. The molecule has 1 aromatic rings. The van der Waals surface area contributed by atoms with Crippen molar-refractivity contribution in [3.05, 3.63) is 35.9 Å². The Kier molecular flexibility index (Phi) is 4.59. The highest BCUT2D eigenvalue weighted by molar-refractivity contribution is 5.94. The molecular weight excluding hydrogens is 236 g/mol. The van der Waals surface area contributed by atoms with Crippen LogP contribution in [0, 0.1) is 17.8 Å². The van der Waals surface area contributed by atoms with Crippen LogP contribution in [0.4, 0.5) is 0 Å². The highest BCUT2D eigenvalue weighted by atomic mass is 16.2. The van der Waals surface area contributed by atoms with E-state index >= 15 is 0 Å². The molecule has 0 saturated carbocycles. The molecule has 0 aliphatic carbocycles. The van der Waals surface area contributed by atoms with Gasteiger partial charge in [-0.2, -0.15) is 0 Å². The average molecular weight is 256 g/mol. The molecule has 1 aliphatic heterocycles. The van der Waals surface area contributed by atoms with Crippen molar-refractivity contribution in [3.8, 4) is 11.8 Å². The maximum absolute atomic E-state index is 12.1. The van der Waals surface area contributed by atoms with Crippen LogP contribution in [0.15, 0.2) is 30.3 Å². The molecule has 3 heteroatoms. The second kappa shape index (κ2) is 6.40. The van der Waals surface area contributed by atoms with Crippen molar-refractivity contribution in [3.63, 3.8) is 0 Å². The number of amides is 1. The third-order valence-corrected chi connectivity index (χ3v) is 3.58. The fourth-order valence-corrected chi connectivity index (χ4v) is 2.35. The number of carbonyl (C=O) groups is 1. The van der Waals surface area contributed by atoms with Crippen LogP contribution in [0.3, 0.4) is 0 Å². The lowest BCUT2D eigenvalue weighted by molar-refractivity contribution is -0.126. The van der Waals surface area contributed by atoms with E-state index < -0.39 is 0 Å². The summed E-state index contributed by atoms with van der Waals surface area (Å²) in [6, 6.07) is 9.72. The monoisotopic (exact) mass is 256 g/mol. The van der Waals surface area contributed by atoms with E-state index in [0.717, 1.165) is 31.5 Å². The van der Waals surface area contributed by atoms with Crippen LogP contribution in [0.2, 0.25) is 0 Å². The Labute approximate surface area is 114 Å². The lowest BCUT2D eigenvalue weighted by atomic mass is 9.92. The molecule has 2 rings (SSSR count). The van der Waals surface area contributed by atoms with Crippen molar-refractivity contribution in [2.75, 3.05) is 13.1 Å². The van der Waals surface area contributed by atoms with Gasteiger partial charge in [0.25, 0.3) is 5.91 Å². The zero-order valence-corrected chi connectivity index (χ0v) is 11.3. The fourth-order valence-electron chi connectivity index (χ4n) is 2.35. The molecule has 1 aromatic carbocycles. The molecule has 2 atom stereocenters. The Morgan fingerprint density at radius 3 is 2.84 bits per heavy atom. The normalized spacial score (nSPS) is 20.3. The van der Waals surface area contributed by atoms with E-state index in [4.69, 9.17) is 5.73 Å². The Morgan fingerprint density at radius 2 is 2.16 bits per heavy atom. The molecular formula is C16H20N2O. The highest BCUT2D eigenvalue weighted by Crippen LogP contribution is 2.18. The smallest absolute Gasteiger partial charge is 0.298 e. The molecule has 3 nitrogen and oxygen atoms in total. The molecule has 1 amide bonds. The number of rotatable bonds is 1. The number of carbonyl (C=O) groups excluding carboxylic acids is 1. The number of likely N-dealkylation sites (tertiary alicyclic amines) is 1. The van der Waals surface area contributed by atoms with Gasteiger partial charge in [-0.1, -0.05) is 24.1 Å².